The average Bonchev–Trinajstić information content (AvgIpc) is 3.90. The number of carbonyl (C=O) groups excluding carboxylic acids is 2. The van der Waals surface area contributed by atoms with Crippen molar-refractivity contribution in [2.24, 2.45) is 0 Å². The minimum Gasteiger partial charge on any atom is -0.378 e. The normalized spacial score (nSPS) is 18.7. The van der Waals surface area contributed by atoms with Crippen molar-refractivity contribution in [2.45, 2.75) is 70.8 Å². The number of carbonyl (C=O) groups is 2. The third-order valence-corrected chi connectivity index (χ3v) is 10.6. The number of rotatable bonds is 8. The van der Waals surface area contributed by atoms with Crippen molar-refractivity contribution in [3.8, 4) is 0 Å². The predicted molar refractivity (Wildman–Crippen MR) is 190 cm³/mol. The number of ether oxygens (including phenoxy) is 1. The van der Waals surface area contributed by atoms with Crippen molar-refractivity contribution >= 4 is 46.5 Å². The van der Waals surface area contributed by atoms with E-state index in [9.17, 15) is 32.3 Å². The third-order valence-electron chi connectivity index (χ3n) is 10.2. The van der Waals surface area contributed by atoms with Crippen LogP contribution in [0.2, 0.25) is 5.02 Å². The first kappa shape index (κ1) is 36.5. The lowest BCUT2D eigenvalue weighted by Gasteiger charge is -2.41. The fourth-order valence-electron chi connectivity index (χ4n) is 7.53. The van der Waals surface area contributed by atoms with Gasteiger partial charge in [0.05, 0.1) is 41.2 Å². The Morgan fingerprint density at radius 3 is 2.45 bits per heavy atom. The molecule has 5 heterocycles. The van der Waals surface area contributed by atoms with Crippen molar-refractivity contribution in [3.63, 3.8) is 0 Å². The second-order valence-electron chi connectivity index (χ2n) is 13.6. The molecule has 1 saturated carbocycles. The summed E-state index contributed by atoms with van der Waals surface area (Å²) in [6, 6.07) is 2.31. The van der Waals surface area contributed by atoms with Crippen LogP contribution in [0.4, 0.5) is 30.5 Å². The first-order valence-corrected chi connectivity index (χ1v) is 18.1. The summed E-state index contributed by atoms with van der Waals surface area (Å²) in [4.78, 5) is 64.9. The zero-order valence-corrected chi connectivity index (χ0v) is 30.0. The third kappa shape index (κ3) is 7.01. The van der Waals surface area contributed by atoms with Crippen molar-refractivity contribution in [3.05, 3.63) is 66.9 Å². The maximum atomic E-state index is 14.3. The SMILES string of the molecule is CCc1c(N2CCN(C(=O)c3c[nH]n(C4CCCC4)c3=O)[C@H](C)C2)c(=O)n2nc(N3CCOCC3)nc2n1CC(=O)Nc1ccc(C(F)(F)F)cc1Cl. The number of benzene rings is 1. The molecule has 1 aromatic carbocycles. The van der Waals surface area contributed by atoms with Crippen LogP contribution < -0.4 is 26.2 Å². The summed E-state index contributed by atoms with van der Waals surface area (Å²) in [5.74, 6) is -0.613. The number of hydrogen-bond acceptors (Lipinski definition) is 9. The van der Waals surface area contributed by atoms with Gasteiger partial charge in [-0.1, -0.05) is 31.4 Å². The topological polar surface area (TPSA) is 155 Å². The molecule has 0 radical (unpaired) electrons. The lowest BCUT2D eigenvalue weighted by Crippen LogP contribution is -2.56. The van der Waals surface area contributed by atoms with Gasteiger partial charge in [-0.3, -0.25) is 19.2 Å². The predicted octanol–water partition coefficient (Wildman–Crippen LogP) is 3.56. The van der Waals surface area contributed by atoms with E-state index in [2.05, 4.69) is 20.5 Å². The highest BCUT2D eigenvalue weighted by Crippen LogP contribution is 2.34. The molecule has 3 aliphatic rings. The Hall–Kier alpha value is -4.84. The van der Waals surface area contributed by atoms with Gasteiger partial charge < -0.3 is 34.4 Å². The van der Waals surface area contributed by atoms with Crippen LogP contribution in [0.15, 0.2) is 34.0 Å². The standard InChI is InChI=1S/C34H40ClF3N10O5/c1-3-26-28(44-10-11-45(20(2)18-44)29(50)23-17-39-47(30(23)51)22-6-4-5-7-22)31(52)48-33(41-32(42-48)43-12-14-53-15-13-43)46(26)19-27(49)40-25-9-8-21(16-24(25)35)34(36,37)38/h8-9,16-17,20,22,39H,3-7,10-15,18-19H2,1-2H3,(H,40,49)/t20-/m1/s1. The number of morpholine rings is 1. The van der Waals surface area contributed by atoms with Crippen LogP contribution in [0.3, 0.4) is 0 Å². The molecule has 2 N–H and O–H groups in total. The van der Waals surface area contributed by atoms with Gasteiger partial charge in [-0.05, 0) is 44.4 Å². The maximum absolute atomic E-state index is 14.3. The Morgan fingerprint density at radius 2 is 1.79 bits per heavy atom. The highest BCUT2D eigenvalue weighted by molar-refractivity contribution is 6.33. The number of nitrogens with one attached hydrogen (secondary N) is 2. The summed E-state index contributed by atoms with van der Waals surface area (Å²) in [5, 5.41) is 9.86. The van der Waals surface area contributed by atoms with E-state index in [1.807, 2.05) is 23.6 Å². The molecule has 3 aromatic heterocycles. The number of nitrogens with zero attached hydrogens (tertiary/aromatic N) is 8. The average molecular weight is 761 g/mol. The Labute approximate surface area is 306 Å². The number of hydrogen-bond donors (Lipinski definition) is 2. The van der Waals surface area contributed by atoms with Crippen LogP contribution in [0.5, 0.6) is 0 Å². The Balaban J connectivity index is 1.20. The molecule has 1 atom stereocenters. The molecule has 3 fully saturated rings. The Morgan fingerprint density at radius 1 is 1.06 bits per heavy atom. The van der Waals surface area contributed by atoms with E-state index in [1.165, 1.54) is 6.20 Å². The Kier molecular flexibility index (Phi) is 10.0. The molecule has 2 saturated heterocycles. The monoisotopic (exact) mass is 760 g/mol. The molecule has 0 spiro atoms. The minimum atomic E-state index is -4.61. The van der Waals surface area contributed by atoms with Crippen LogP contribution >= 0.6 is 11.6 Å². The molecule has 53 heavy (non-hydrogen) atoms. The molecule has 0 bridgehead atoms. The number of alkyl halides is 3. The van der Waals surface area contributed by atoms with Gasteiger partial charge in [0.25, 0.3) is 17.0 Å². The minimum absolute atomic E-state index is 0.0116. The highest BCUT2D eigenvalue weighted by atomic mass is 35.5. The smallest absolute Gasteiger partial charge is 0.378 e. The van der Waals surface area contributed by atoms with E-state index < -0.39 is 29.2 Å². The van der Waals surface area contributed by atoms with E-state index >= 15 is 0 Å². The summed E-state index contributed by atoms with van der Waals surface area (Å²) >= 11 is 6.14. The van der Waals surface area contributed by atoms with Gasteiger partial charge in [0, 0.05) is 45.0 Å². The number of amides is 2. The van der Waals surface area contributed by atoms with E-state index in [-0.39, 0.29) is 77.4 Å². The molecule has 2 amide bonds. The molecule has 0 unspecified atom stereocenters. The van der Waals surface area contributed by atoms with Crippen molar-refractivity contribution < 1.29 is 27.5 Å². The largest absolute Gasteiger partial charge is 0.416 e. The number of anilines is 3. The summed E-state index contributed by atoms with van der Waals surface area (Å²) in [6.45, 7) is 5.91. The zero-order valence-electron chi connectivity index (χ0n) is 29.3. The summed E-state index contributed by atoms with van der Waals surface area (Å²) < 4.78 is 49.5. The van der Waals surface area contributed by atoms with E-state index in [0.29, 0.717) is 38.4 Å². The molecule has 7 rings (SSSR count). The first-order chi connectivity index (χ1) is 25.3. The van der Waals surface area contributed by atoms with E-state index in [4.69, 9.17) is 16.3 Å². The Bertz CT molecular complexity index is 2150. The molecule has 284 valence electrons. The summed E-state index contributed by atoms with van der Waals surface area (Å²) in [6.07, 6.45) is 1.00. The number of halogens is 4. The summed E-state index contributed by atoms with van der Waals surface area (Å²) in [7, 11) is 0. The molecule has 1 aliphatic carbocycles. The van der Waals surface area contributed by atoms with Crippen LogP contribution in [0.25, 0.3) is 5.78 Å². The van der Waals surface area contributed by atoms with Crippen LogP contribution in [-0.2, 0) is 28.7 Å². The number of H-pyrrole nitrogens is 1. The molecular formula is C34H40ClF3N10O5. The fourth-order valence-corrected chi connectivity index (χ4v) is 7.76. The quantitative estimate of drug-likeness (QED) is 0.275. The van der Waals surface area contributed by atoms with Crippen molar-refractivity contribution in [2.75, 3.05) is 61.1 Å². The lowest BCUT2D eigenvalue weighted by atomic mass is 10.1. The van der Waals surface area contributed by atoms with Gasteiger partial charge in [0.2, 0.25) is 17.6 Å². The number of aromatic nitrogens is 6. The molecule has 2 aliphatic heterocycles. The first-order valence-electron chi connectivity index (χ1n) is 17.7. The van der Waals surface area contributed by atoms with Crippen LogP contribution in [0, 0.1) is 0 Å². The van der Waals surface area contributed by atoms with Crippen LogP contribution in [-0.4, -0.2) is 97.6 Å². The van der Waals surface area contributed by atoms with Crippen molar-refractivity contribution in [1.29, 1.82) is 0 Å². The van der Waals surface area contributed by atoms with Crippen LogP contribution in [0.1, 0.15) is 67.2 Å². The second-order valence-corrected chi connectivity index (χ2v) is 14.0. The van der Waals surface area contributed by atoms with Gasteiger partial charge in [0.1, 0.15) is 17.8 Å². The molecule has 15 nitrogen and oxygen atoms in total. The zero-order chi connectivity index (χ0) is 37.6. The molecular weight excluding hydrogens is 721 g/mol. The van der Waals surface area contributed by atoms with E-state index in [0.717, 1.165) is 48.4 Å². The maximum Gasteiger partial charge on any atom is 0.416 e. The number of fused-ring (bicyclic) bond motifs is 1. The highest BCUT2D eigenvalue weighted by Gasteiger charge is 2.35. The number of aromatic amines is 1. The van der Waals surface area contributed by atoms with Crippen molar-refractivity contribution in [1.82, 2.24) is 33.8 Å². The van der Waals surface area contributed by atoms with Gasteiger partial charge >= 0.3 is 6.18 Å². The number of piperazine rings is 1. The van der Waals surface area contributed by atoms with Gasteiger partial charge in [-0.2, -0.15) is 22.7 Å². The van der Waals surface area contributed by atoms with Gasteiger partial charge in [-0.15, -0.1) is 5.10 Å². The lowest BCUT2D eigenvalue weighted by molar-refractivity contribution is -0.137. The second kappa shape index (κ2) is 14.5. The summed E-state index contributed by atoms with van der Waals surface area (Å²) in [5.41, 5.74) is -0.920. The van der Waals surface area contributed by atoms with Gasteiger partial charge in [-0.25, -0.2) is 4.68 Å². The fraction of sp³-hybridized carbons (Fsp3) is 0.529. The van der Waals surface area contributed by atoms with E-state index in [1.54, 1.807) is 14.1 Å². The molecule has 19 heteroatoms. The van der Waals surface area contributed by atoms with Gasteiger partial charge in [0.15, 0.2) is 0 Å². The molecule has 4 aromatic rings.